The van der Waals surface area contributed by atoms with Crippen molar-refractivity contribution in [3.63, 3.8) is 0 Å². The highest BCUT2D eigenvalue weighted by molar-refractivity contribution is 5.57. The number of hydrogen-bond donors (Lipinski definition) is 1. The van der Waals surface area contributed by atoms with Gasteiger partial charge in [0.2, 0.25) is 11.8 Å². The zero-order valence-electron chi connectivity index (χ0n) is 18.7. The molecule has 1 atom stereocenters. The van der Waals surface area contributed by atoms with Gasteiger partial charge in [0.15, 0.2) is 0 Å². The second-order valence-electron chi connectivity index (χ2n) is 9.76. The number of fused-ring (bicyclic) bond motifs is 1. The Morgan fingerprint density at radius 2 is 1.77 bits per heavy atom. The number of ether oxygens (including phenoxy) is 1. The van der Waals surface area contributed by atoms with Crippen LogP contribution in [0.4, 0.5) is 0 Å². The van der Waals surface area contributed by atoms with Crippen molar-refractivity contribution in [3.05, 3.63) is 64.9 Å². The van der Waals surface area contributed by atoms with Crippen LogP contribution in [0.25, 0.3) is 5.69 Å². The molecule has 0 aliphatic carbocycles. The van der Waals surface area contributed by atoms with Crippen LogP contribution in [0.15, 0.2) is 48.1 Å². The number of nitrogens with zero attached hydrogens (tertiary/aromatic N) is 6. The normalized spacial score (nSPS) is 16.6. The van der Waals surface area contributed by atoms with Crippen molar-refractivity contribution in [1.29, 1.82) is 5.26 Å². The largest absolute Gasteiger partial charge is 0.422 e. The monoisotopic (exact) mass is 417 g/mol. The van der Waals surface area contributed by atoms with E-state index in [1.54, 1.807) is 17.1 Å². The van der Waals surface area contributed by atoms with Gasteiger partial charge in [0, 0.05) is 5.41 Å². The first kappa shape index (κ1) is 20.7. The Morgan fingerprint density at radius 3 is 2.29 bits per heavy atom. The van der Waals surface area contributed by atoms with E-state index in [2.05, 4.69) is 57.9 Å². The molecule has 8 heteroatoms. The first-order valence-electron chi connectivity index (χ1n) is 10.2. The van der Waals surface area contributed by atoms with Gasteiger partial charge < -0.3 is 10.5 Å². The Balaban J connectivity index is 1.95. The number of benzene rings is 1. The van der Waals surface area contributed by atoms with Gasteiger partial charge in [0.25, 0.3) is 0 Å². The highest BCUT2D eigenvalue weighted by atomic mass is 16.5. The molecule has 3 heterocycles. The molecule has 0 saturated carbocycles. The molecule has 1 unspecified atom stereocenters. The zero-order chi connectivity index (χ0) is 22.6. The summed E-state index contributed by atoms with van der Waals surface area (Å²) < 4.78 is 9.58. The van der Waals surface area contributed by atoms with Gasteiger partial charge in [-0.2, -0.15) is 10.4 Å². The van der Waals surface area contributed by atoms with E-state index in [-0.39, 0.29) is 22.8 Å². The molecule has 31 heavy (non-hydrogen) atoms. The fourth-order valence-electron chi connectivity index (χ4n) is 3.85. The SMILES string of the molecule is CC(C)(C)c1nn(C(C)(C)C)c2c1C(c1ccc(-n3ccnn3)cc1)C(C#N)=C(N)O2. The summed E-state index contributed by atoms with van der Waals surface area (Å²) in [6.45, 7) is 12.5. The summed E-state index contributed by atoms with van der Waals surface area (Å²) in [4.78, 5) is 0. The van der Waals surface area contributed by atoms with Crippen LogP contribution in [-0.2, 0) is 11.0 Å². The number of allylic oxidation sites excluding steroid dienone is 1. The van der Waals surface area contributed by atoms with Crippen molar-refractivity contribution in [2.24, 2.45) is 5.73 Å². The molecule has 4 rings (SSSR count). The Bertz CT molecular complexity index is 1180. The summed E-state index contributed by atoms with van der Waals surface area (Å²) in [5, 5.41) is 22.8. The van der Waals surface area contributed by atoms with E-state index in [0.717, 1.165) is 22.5 Å². The van der Waals surface area contributed by atoms with Gasteiger partial charge in [-0.25, -0.2) is 9.36 Å². The van der Waals surface area contributed by atoms with Gasteiger partial charge in [-0.15, -0.1) is 5.10 Å². The lowest BCUT2D eigenvalue weighted by molar-refractivity contribution is 0.276. The van der Waals surface area contributed by atoms with Crippen molar-refractivity contribution in [2.75, 3.05) is 0 Å². The standard InChI is InChI=1S/C23H27N7O/c1-22(2,3)19-18-17(14-7-9-15(10-8-14)29-12-11-26-28-29)16(13-24)20(25)31-21(18)30(27-19)23(4,5)6/h7-12,17H,25H2,1-6H3. The molecule has 1 aliphatic rings. The van der Waals surface area contributed by atoms with Crippen molar-refractivity contribution in [3.8, 4) is 17.6 Å². The molecule has 2 N–H and O–H groups in total. The van der Waals surface area contributed by atoms with E-state index in [1.807, 2.05) is 28.9 Å². The van der Waals surface area contributed by atoms with Crippen LogP contribution >= 0.6 is 0 Å². The highest BCUT2D eigenvalue weighted by Crippen LogP contribution is 2.48. The van der Waals surface area contributed by atoms with Gasteiger partial charge in [0.05, 0.1) is 40.8 Å². The van der Waals surface area contributed by atoms with E-state index in [9.17, 15) is 5.26 Å². The summed E-state index contributed by atoms with van der Waals surface area (Å²) in [6, 6.07) is 10.2. The minimum atomic E-state index is -0.371. The van der Waals surface area contributed by atoms with E-state index in [4.69, 9.17) is 15.6 Å². The third-order valence-electron chi connectivity index (χ3n) is 5.31. The summed E-state index contributed by atoms with van der Waals surface area (Å²) >= 11 is 0. The Hall–Kier alpha value is -3.60. The van der Waals surface area contributed by atoms with E-state index in [1.165, 1.54) is 0 Å². The van der Waals surface area contributed by atoms with Crippen LogP contribution in [0.1, 0.15) is 64.3 Å². The molecule has 2 aromatic heterocycles. The molecule has 0 radical (unpaired) electrons. The molecule has 0 saturated heterocycles. The maximum Gasteiger partial charge on any atom is 0.224 e. The summed E-state index contributed by atoms with van der Waals surface area (Å²) in [5.41, 5.74) is 9.65. The summed E-state index contributed by atoms with van der Waals surface area (Å²) in [7, 11) is 0. The fourth-order valence-corrected chi connectivity index (χ4v) is 3.85. The maximum absolute atomic E-state index is 9.97. The number of rotatable bonds is 2. The molecule has 0 fully saturated rings. The Labute approximate surface area is 181 Å². The number of nitrogens with two attached hydrogens (primary N) is 1. The van der Waals surface area contributed by atoms with Crippen LogP contribution in [0, 0.1) is 11.3 Å². The van der Waals surface area contributed by atoms with Crippen molar-refractivity contribution < 1.29 is 4.74 Å². The van der Waals surface area contributed by atoms with Crippen molar-refractivity contribution >= 4 is 0 Å². The molecular formula is C23H27N7O. The average molecular weight is 418 g/mol. The lowest BCUT2D eigenvalue weighted by Crippen LogP contribution is -2.27. The Morgan fingerprint density at radius 1 is 1.10 bits per heavy atom. The van der Waals surface area contributed by atoms with E-state index >= 15 is 0 Å². The first-order valence-corrected chi connectivity index (χ1v) is 10.2. The molecular weight excluding hydrogens is 390 g/mol. The third kappa shape index (κ3) is 3.46. The Kier molecular flexibility index (Phi) is 4.65. The predicted octanol–water partition coefficient (Wildman–Crippen LogP) is 3.73. The topological polar surface area (TPSA) is 108 Å². The quantitative estimate of drug-likeness (QED) is 0.681. The number of hydrogen-bond acceptors (Lipinski definition) is 6. The fraction of sp³-hybridized carbons (Fsp3) is 0.391. The zero-order valence-corrected chi connectivity index (χ0v) is 18.7. The molecule has 0 spiro atoms. The number of nitriles is 1. The smallest absolute Gasteiger partial charge is 0.224 e. The highest BCUT2D eigenvalue weighted by Gasteiger charge is 2.41. The molecule has 0 bridgehead atoms. The molecule has 3 aromatic rings. The lowest BCUT2D eigenvalue weighted by atomic mass is 9.79. The molecule has 160 valence electrons. The minimum Gasteiger partial charge on any atom is -0.422 e. The van der Waals surface area contributed by atoms with E-state index < -0.39 is 0 Å². The molecule has 1 aromatic carbocycles. The van der Waals surface area contributed by atoms with Crippen molar-refractivity contribution in [1.82, 2.24) is 24.8 Å². The molecule has 8 nitrogen and oxygen atoms in total. The maximum atomic E-state index is 9.97. The lowest BCUT2D eigenvalue weighted by Gasteiger charge is -2.29. The van der Waals surface area contributed by atoms with Crippen molar-refractivity contribution in [2.45, 2.75) is 58.4 Å². The van der Waals surface area contributed by atoms with Crippen LogP contribution in [0.2, 0.25) is 0 Å². The van der Waals surface area contributed by atoms with Gasteiger partial charge in [-0.05, 0) is 38.5 Å². The first-order chi connectivity index (χ1) is 14.5. The van der Waals surface area contributed by atoms with E-state index in [0.29, 0.717) is 11.5 Å². The molecule has 0 amide bonds. The van der Waals surface area contributed by atoms with Crippen LogP contribution < -0.4 is 10.5 Å². The van der Waals surface area contributed by atoms with Gasteiger partial charge in [-0.3, -0.25) is 0 Å². The summed E-state index contributed by atoms with van der Waals surface area (Å²) in [6.07, 6.45) is 3.41. The van der Waals surface area contributed by atoms with Gasteiger partial charge in [0.1, 0.15) is 11.6 Å². The second-order valence-corrected chi connectivity index (χ2v) is 9.76. The molecule has 1 aliphatic heterocycles. The van der Waals surface area contributed by atoms with Gasteiger partial charge in [-0.1, -0.05) is 38.1 Å². The number of aromatic nitrogens is 5. The average Bonchev–Trinajstić information content (AvgIpc) is 3.34. The minimum absolute atomic E-state index is 0.117. The third-order valence-corrected chi connectivity index (χ3v) is 5.31. The summed E-state index contributed by atoms with van der Waals surface area (Å²) in [5.74, 6) is 0.342. The van der Waals surface area contributed by atoms with Crippen LogP contribution in [-0.4, -0.2) is 24.8 Å². The van der Waals surface area contributed by atoms with Crippen LogP contribution in [0.5, 0.6) is 5.88 Å². The predicted molar refractivity (Wildman–Crippen MR) is 117 cm³/mol. The second kappa shape index (κ2) is 6.98. The van der Waals surface area contributed by atoms with Gasteiger partial charge >= 0.3 is 0 Å². The van der Waals surface area contributed by atoms with Crippen LogP contribution in [0.3, 0.4) is 0 Å².